The van der Waals surface area contributed by atoms with E-state index in [0.717, 1.165) is 33.8 Å². The molecule has 0 aliphatic carbocycles. The van der Waals surface area contributed by atoms with Crippen LogP contribution in [0.4, 0.5) is 10.1 Å². The molecule has 2 aromatic heterocycles. The molecule has 0 aliphatic rings. The number of anilines is 1. The van der Waals surface area contributed by atoms with Crippen LogP contribution in [0.3, 0.4) is 0 Å². The molecule has 0 fully saturated rings. The van der Waals surface area contributed by atoms with Gasteiger partial charge < -0.3 is 5.32 Å². The first kappa shape index (κ1) is 17.2. The van der Waals surface area contributed by atoms with E-state index >= 15 is 0 Å². The van der Waals surface area contributed by atoms with Crippen LogP contribution >= 0.6 is 11.6 Å². The van der Waals surface area contributed by atoms with Crippen molar-refractivity contribution in [2.45, 2.75) is 6.54 Å². The van der Waals surface area contributed by atoms with Crippen LogP contribution in [0, 0.1) is 5.82 Å². The molecule has 0 saturated carbocycles. The van der Waals surface area contributed by atoms with Crippen molar-refractivity contribution in [2.75, 3.05) is 5.32 Å². The van der Waals surface area contributed by atoms with Gasteiger partial charge in [-0.3, -0.25) is 10.1 Å². The van der Waals surface area contributed by atoms with Gasteiger partial charge in [0.1, 0.15) is 5.82 Å². The maximum atomic E-state index is 13.3. The standard InChI is InChI=1S/C21H16ClFN4/c22-20-9-16(23)6-7-19(20)15-8-17(12-24-11-15)25-13-18-10-21(27-26-18)14-4-2-1-3-5-14/h1-12,25H,13H2,(H,26,27). The lowest BCUT2D eigenvalue weighted by Crippen LogP contribution is -2.00. The van der Waals surface area contributed by atoms with Gasteiger partial charge in [-0.2, -0.15) is 5.10 Å². The number of aromatic amines is 1. The molecule has 0 bridgehead atoms. The minimum absolute atomic E-state index is 0.357. The van der Waals surface area contributed by atoms with Gasteiger partial charge >= 0.3 is 0 Å². The largest absolute Gasteiger partial charge is 0.378 e. The van der Waals surface area contributed by atoms with Gasteiger partial charge in [0.2, 0.25) is 0 Å². The molecule has 4 aromatic rings. The zero-order valence-electron chi connectivity index (χ0n) is 14.3. The van der Waals surface area contributed by atoms with Crippen LogP contribution in [0.15, 0.2) is 73.1 Å². The van der Waals surface area contributed by atoms with Gasteiger partial charge in [0.05, 0.1) is 28.6 Å². The van der Waals surface area contributed by atoms with Gasteiger partial charge in [-0.1, -0.05) is 41.9 Å². The second-order valence-corrected chi connectivity index (χ2v) is 6.49. The Morgan fingerprint density at radius 1 is 0.963 bits per heavy atom. The lowest BCUT2D eigenvalue weighted by molar-refractivity contribution is 0.628. The summed E-state index contributed by atoms with van der Waals surface area (Å²) in [5, 5.41) is 11.1. The lowest BCUT2D eigenvalue weighted by atomic mass is 10.1. The number of nitrogens with zero attached hydrogens (tertiary/aromatic N) is 2. The Labute approximate surface area is 161 Å². The number of pyridine rings is 1. The molecule has 4 nitrogen and oxygen atoms in total. The van der Waals surface area contributed by atoms with Gasteiger partial charge in [0.25, 0.3) is 0 Å². The zero-order valence-corrected chi connectivity index (χ0v) is 15.0. The molecule has 27 heavy (non-hydrogen) atoms. The van der Waals surface area contributed by atoms with Crippen molar-refractivity contribution in [3.63, 3.8) is 0 Å². The number of halogens is 2. The number of H-pyrrole nitrogens is 1. The van der Waals surface area contributed by atoms with Crippen LogP contribution in [0.2, 0.25) is 5.02 Å². The van der Waals surface area contributed by atoms with E-state index in [1.54, 1.807) is 18.5 Å². The highest BCUT2D eigenvalue weighted by Gasteiger charge is 2.07. The van der Waals surface area contributed by atoms with Crippen LogP contribution in [0.1, 0.15) is 5.69 Å². The Bertz CT molecular complexity index is 1060. The molecule has 4 rings (SSSR count). The number of aromatic nitrogens is 3. The first-order chi connectivity index (χ1) is 13.2. The van der Waals surface area contributed by atoms with Crippen molar-refractivity contribution in [3.8, 4) is 22.4 Å². The lowest BCUT2D eigenvalue weighted by Gasteiger charge is -2.08. The van der Waals surface area contributed by atoms with Crippen molar-refractivity contribution < 1.29 is 4.39 Å². The highest BCUT2D eigenvalue weighted by Crippen LogP contribution is 2.29. The minimum atomic E-state index is -0.362. The van der Waals surface area contributed by atoms with Crippen LogP contribution in [-0.2, 0) is 6.54 Å². The summed E-state index contributed by atoms with van der Waals surface area (Å²) in [5.41, 5.74) is 5.32. The third-order valence-corrected chi connectivity index (χ3v) is 4.48. The van der Waals surface area contributed by atoms with E-state index in [0.29, 0.717) is 11.6 Å². The molecule has 0 radical (unpaired) electrons. The maximum absolute atomic E-state index is 13.3. The van der Waals surface area contributed by atoms with E-state index in [1.165, 1.54) is 12.1 Å². The number of rotatable bonds is 5. The molecule has 2 aromatic carbocycles. The third kappa shape index (κ3) is 3.99. The number of nitrogens with one attached hydrogen (secondary N) is 2. The van der Waals surface area contributed by atoms with Crippen molar-refractivity contribution in [1.29, 1.82) is 0 Å². The molecule has 134 valence electrons. The summed E-state index contributed by atoms with van der Waals surface area (Å²) in [6.07, 6.45) is 3.43. The van der Waals surface area contributed by atoms with Gasteiger partial charge in [-0.25, -0.2) is 4.39 Å². The average molecular weight is 379 g/mol. The molecular weight excluding hydrogens is 363 g/mol. The fourth-order valence-electron chi connectivity index (χ4n) is 2.81. The van der Waals surface area contributed by atoms with Crippen LogP contribution in [0.25, 0.3) is 22.4 Å². The number of hydrogen-bond donors (Lipinski definition) is 2. The molecule has 0 aliphatic heterocycles. The van der Waals surface area contributed by atoms with E-state index < -0.39 is 0 Å². The normalized spacial score (nSPS) is 10.7. The fraction of sp³-hybridized carbons (Fsp3) is 0.0476. The second kappa shape index (κ2) is 7.60. The van der Waals surface area contributed by atoms with Crippen LogP contribution < -0.4 is 5.32 Å². The highest BCUT2D eigenvalue weighted by atomic mass is 35.5. The van der Waals surface area contributed by atoms with Gasteiger partial charge in [-0.15, -0.1) is 0 Å². The monoisotopic (exact) mass is 378 g/mol. The molecule has 0 atom stereocenters. The first-order valence-corrected chi connectivity index (χ1v) is 8.81. The van der Waals surface area contributed by atoms with Gasteiger partial charge in [0, 0.05) is 29.1 Å². The fourth-order valence-corrected chi connectivity index (χ4v) is 3.09. The summed E-state index contributed by atoms with van der Waals surface area (Å²) < 4.78 is 13.3. The van der Waals surface area contributed by atoms with Crippen molar-refractivity contribution in [1.82, 2.24) is 15.2 Å². The third-order valence-electron chi connectivity index (χ3n) is 4.16. The smallest absolute Gasteiger partial charge is 0.124 e. The average Bonchev–Trinajstić information content (AvgIpc) is 3.16. The predicted molar refractivity (Wildman–Crippen MR) is 106 cm³/mol. The molecule has 2 heterocycles. The van der Waals surface area contributed by atoms with E-state index in [9.17, 15) is 4.39 Å². The van der Waals surface area contributed by atoms with E-state index in [1.807, 2.05) is 42.5 Å². The zero-order chi connectivity index (χ0) is 18.6. The summed E-state index contributed by atoms with van der Waals surface area (Å²) in [4.78, 5) is 4.25. The van der Waals surface area contributed by atoms with E-state index in [4.69, 9.17) is 11.6 Å². The quantitative estimate of drug-likeness (QED) is 0.479. The number of benzene rings is 2. The molecule has 6 heteroatoms. The van der Waals surface area contributed by atoms with Crippen molar-refractivity contribution >= 4 is 17.3 Å². The van der Waals surface area contributed by atoms with Gasteiger partial charge in [0.15, 0.2) is 0 Å². The molecule has 0 saturated heterocycles. The first-order valence-electron chi connectivity index (χ1n) is 8.43. The SMILES string of the molecule is Fc1ccc(-c2cncc(NCc3cc(-c4ccccc4)n[nH]3)c2)c(Cl)c1. The molecule has 0 amide bonds. The maximum Gasteiger partial charge on any atom is 0.124 e. The van der Waals surface area contributed by atoms with E-state index in [-0.39, 0.29) is 5.82 Å². The van der Waals surface area contributed by atoms with Crippen LogP contribution in [0.5, 0.6) is 0 Å². The molecular formula is C21H16ClFN4. The molecule has 2 N–H and O–H groups in total. The summed E-state index contributed by atoms with van der Waals surface area (Å²) in [7, 11) is 0. The summed E-state index contributed by atoms with van der Waals surface area (Å²) in [6, 6.07) is 18.3. The highest BCUT2D eigenvalue weighted by molar-refractivity contribution is 6.33. The minimum Gasteiger partial charge on any atom is -0.378 e. The molecule has 0 unspecified atom stereocenters. The topological polar surface area (TPSA) is 53.6 Å². The Hall–Kier alpha value is -3.18. The van der Waals surface area contributed by atoms with Crippen LogP contribution in [-0.4, -0.2) is 15.2 Å². The Balaban J connectivity index is 1.49. The Kier molecular flexibility index (Phi) is 4.85. The van der Waals surface area contributed by atoms with Gasteiger partial charge in [-0.05, 0) is 30.3 Å². The summed E-state index contributed by atoms with van der Waals surface area (Å²) >= 11 is 6.15. The number of hydrogen-bond acceptors (Lipinski definition) is 3. The Morgan fingerprint density at radius 3 is 2.63 bits per heavy atom. The summed E-state index contributed by atoms with van der Waals surface area (Å²) in [6.45, 7) is 0.572. The van der Waals surface area contributed by atoms with E-state index in [2.05, 4.69) is 20.5 Å². The second-order valence-electron chi connectivity index (χ2n) is 6.08. The Morgan fingerprint density at radius 2 is 1.81 bits per heavy atom. The predicted octanol–water partition coefficient (Wildman–Crippen LogP) is 5.54. The van der Waals surface area contributed by atoms with Crippen molar-refractivity contribution in [3.05, 3.63) is 89.6 Å². The van der Waals surface area contributed by atoms with Crippen molar-refractivity contribution in [2.24, 2.45) is 0 Å². The molecule has 0 spiro atoms. The summed E-state index contributed by atoms with van der Waals surface area (Å²) in [5.74, 6) is -0.362.